The molecule has 0 saturated carbocycles. The van der Waals surface area contributed by atoms with Gasteiger partial charge in [0, 0.05) is 42.5 Å². The average molecular weight is 468 g/mol. The summed E-state index contributed by atoms with van der Waals surface area (Å²) in [6, 6.07) is 11.4. The van der Waals surface area contributed by atoms with Crippen LogP contribution in [0.15, 0.2) is 40.9 Å². The molecule has 0 aromatic heterocycles. The molecular weight excluding hydrogens is 444 g/mol. The van der Waals surface area contributed by atoms with Gasteiger partial charge in [-0.1, -0.05) is 24.6 Å². The number of piperazine rings is 1. The molecule has 2 aromatic carbocycles. The van der Waals surface area contributed by atoms with Gasteiger partial charge in [0.15, 0.2) is 11.5 Å². The van der Waals surface area contributed by atoms with Crippen LogP contribution in [0.25, 0.3) is 0 Å². The summed E-state index contributed by atoms with van der Waals surface area (Å²) >= 11 is 9.61. The van der Waals surface area contributed by atoms with Crippen LogP contribution in [0.4, 0.5) is 5.69 Å². The highest BCUT2D eigenvalue weighted by atomic mass is 79.9. The van der Waals surface area contributed by atoms with Crippen molar-refractivity contribution in [3.63, 3.8) is 0 Å². The summed E-state index contributed by atoms with van der Waals surface area (Å²) in [4.78, 5) is 17.1. The van der Waals surface area contributed by atoms with Crippen molar-refractivity contribution in [2.45, 2.75) is 13.3 Å². The van der Waals surface area contributed by atoms with Crippen molar-refractivity contribution in [3.8, 4) is 11.5 Å². The van der Waals surface area contributed by atoms with Gasteiger partial charge in [-0.2, -0.15) is 0 Å². The average Bonchev–Trinajstić information content (AvgIpc) is 2.72. The summed E-state index contributed by atoms with van der Waals surface area (Å²) in [7, 11) is 1.58. The van der Waals surface area contributed by atoms with Gasteiger partial charge in [-0.15, -0.1) is 0 Å². The van der Waals surface area contributed by atoms with E-state index in [0.717, 1.165) is 34.7 Å². The van der Waals surface area contributed by atoms with E-state index >= 15 is 0 Å². The normalized spacial score (nSPS) is 14.1. The molecule has 1 saturated heterocycles. The number of anilines is 1. The molecule has 1 fully saturated rings. The number of carbonyl (C=O) groups is 1. The van der Waals surface area contributed by atoms with Gasteiger partial charge in [-0.05, 0) is 52.7 Å². The third-order valence-corrected chi connectivity index (χ3v) is 5.49. The maximum Gasteiger partial charge on any atom is 0.254 e. The number of carbonyl (C=O) groups excluding carboxylic acids is 1. The molecule has 1 amide bonds. The van der Waals surface area contributed by atoms with Crippen molar-refractivity contribution in [1.82, 2.24) is 4.90 Å². The molecule has 150 valence electrons. The molecule has 1 aliphatic rings. The Morgan fingerprint density at radius 2 is 1.93 bits per heavy atom. The van der Waals surface area contributed by atoms with E-state index in [2.05, 4.69) is 20.8 Å². The Morgan fingerprint density at radius 3 is 2.57 bits per heavy atom. The maximum absolute atomic E-state index is 13.0. The van der Waals surface area contributed by atoms with E-state index in [0.29, 0.717) is 36.8 Å². The Kier molecular flexibility index (Phi) is 7.08. The molecule has 0 unspecified atom stereocenters. The minimum absolute atomic E-state index is 0.00761. The quantitative estimate of drug-likeness (QED) is 0.608. The number of halogens is 2. The second-order valence-electron chi connectivity index (χ2n) is 6.60. The number of amides is 1. The van der Waals surface area contributed by atoms with E-state index in [4.69, 9.17) is 21.1 Å². The summed E-state index contributed by atoms with van der Waals surface area (Å²) in [5.74, 6) is 1.18. The fourth-order valence-corrected chi connectivity index (χ4v) is 3.95. The molecule has 0 N–H and O–H groups in total. The minimum Gasteiger partial charge on any atom is -0.493 e. The van der Waals surface area contributed by atoms with Crippen LogP contribution in [-0.2, 0) is 0 Å². The largest absolute Gasteiger partial charge is 0.493 e. The molecule has 0 spiro atoms. The molecular formula is C21H24BrClN2O3. The highest BCUT2D eigenvalue weighted by Gasteiger charge is 2.24. The third-order valence-electron chi connectivity index (χ3n) is 4.67. The highest BCUT2D eigenvalue weighted by Crippen LogP contribution is 2.37. The number of methoxy groups -OCH3 is 1. The molecule has 7 heteroatoms. The van der Waals surface area contributed by atoms with Crippen molar-refractivity contribution < 1.29 is 14.3 Å². The van der Waals surface area contributed by atoms with E-state index in [1.54, 1.807) is 19.2 Å². The first-order chi connectivity index (χ1) is 13.5. The zero-order valence-corrected chi connectivity index (χ0v) is 18.4. The number of hydrogen-bond acceptors (Lipinski definition) is 4. The van der Waals surface area contributed by atoms with Crippen LogP contribution < -0.4 is 14.4 Å². The summed E-state index contributed by atoms with van der Waals surface area (Å²) in [6.45, 7) is 5.47. The second-order valence-corrected chi connectivity index (χ2v) is 7.89. The Balaban J connectivity index is 1.70. The molecule has 1 aliphatic heterocycles. The molecule has 0 atom stereocenters. The number of nitrogens with zero attached hydrogens (tertiary/aromatic N) is 2. The molecule has 5 nitrogen and oxygen atoms in total. The summed E-state index contributed by atoms with van der Waals surface area (Å²) in [5, 5.41) is 0.721. The van der Waals surface area contributed by atoms with Crippen molar-refractivity contribution in [2.24, 2.45) is 0 Å². The summed E-state index contributed by atoms with van der Waals surface area (Å²) in [5.41, 5.74) is 1.67. The third kappa shape index (κ3) is 4.73. The molecule has 3 rings (SSSR count). The second kappa shape index (κ2) is 9.52. The van der Waals surface area contributed by atoms with Gasteiger partial charge in [0.1, 0.15) is 0 Å². The van der Waals surface area contributed by atoms with Crippen LogP contribution in [-0.4, -0.2) is 50.7 Å². The monoisotopic (exact) mass is 466 g/mol. The predicted octanol–water partition coefficient (Wildman–Crippen LogP) is 4.86. The predicted molar refractivity (Wildman–Crippen MR) is 116 cm³/mol. The smallest absolute Gasteiger partial charge is 0.254 e. The lowest BCUT2D eigenvalue weighted by molar-refractivity contribution is 0.0746. The van der Waals surface area contributed by atoms with E-state index in [1.807, 2.05) is 36.1 Å². The summed E-state index contributed by atoms with van der Waals surface area (Å²) in [6.07, 6.45) is 0.896. The zero-order chi connectivity index (χ0) is 20.1. The van der Waals surface area contributed by atoms with Crippen LogP contribution in [0.2, 0.25) is 5.02 Å². The zero-order valence-electron chi connectivity index (χ0n) is 16.1. The van der Waals surface area contributed by atoms with E-state index in [9.17, 15) is 4.79 Å². The van der Waals surface area contributed by atoms with E-state index in [1.165, 1.54) is 0 Å². The molecule has 1 heterocycles. The topological polar surface area (TPSA) is 42.0 Å². The first kappa shape index (κ1) is 20.8. The van der Waals surface area contributed by atoms with Crippen molar-refractivity contribution >= 4 is 39.1 Å². The highest BCUT2D eigenvalue weighted by molar-refractivity contribution is 9.10. The van der Waals surface area contributed by atoms with Crippen molar-refractivity contribution in [1.29, 1.82) is 0 Å². The fraction of sp³-hybridized carbons (Fsp3) is 0.381. The molecule has 28 heavy (non-hydrogen) atoms. The van der Waals surface area contributed by atoms with Gasteiger partial charge in [0.25, 0.3) is 5.91 Å². The first-order valence-corrected chi connectivity index (χ1v) is 10.5. The minimum atomic E-state index is -0.00761. The van der Waals surface area contributed by atoms with Crippen LogP contribution in [0, 0.1) is 0 Å². The number of benzene rings is 2. The van der Waals surface area contributed by atoms with Gasteiger partial charge >= 0.3 is 0 Å². The summed E-state index contributed by atoms with van der Waals surface area (Å²) < 4.78 is 11.9. The van der Waals surface area contributed by atoms with Crippen LogP contribution in [0.3, 0.4) is 0 Å². The molecule has 2 aromatic rings. The first-order valence-electron chi connectivity index (χ1n) is 9.33. The van der Waals surface area contributed by atoms with E-state index in [-0.39, 0.29) is 5.91 Å². The fourth-order valence-electron chi connectivity index (χ4n) is 3.21. The Morgan fingerprint density at radius 1 is 1.18 bits per heavy atom. The number of hydrogen-bond donors (Lipinski definition) is 0. The van der Waals surface area contributed by atoms with Gasteiger partial charge in [0.2, 0.25) is 0 Å². The van der Waals surface area contributed by atoms with Crippen LogP contribution >= 0.6 is 27.5 Å². The van der Waals surface area contributed by atoms with Crippen LogP contribution in [0.5, 0.6) is 11.5 Å². The Bertz CT molecular complexity index is 838. The lowest BCUT2D eigenvalue weighted by atomic mass is 10.1. The molecule has 0 bridgehead atoms. The lowest BCUT2D eigenvalue weighted by Gasteiger charge is -2.36. The lowest BCUT2D eigenvalue weighted by Crippen LogP contribution is -2.48. The Hall–Kier alpha value is -1.92. The van der Waals surface area contributed by atoms with Gasteiger partial charge in [-0.3, -0.25) is 4.79 Å². The number of rotatable bonds is 6. The Labute approximate surface area is 179 Å². The molecule has 0 aliphatic carbocycles. The van der Waals surface area contributed by atoms with Gasteiger partial charge < -0.3 is 19.3 Å². The SMILES string of the molecule is CCCOc1c(Br)cc(C(=O)N2CCN(c3cccc(Cl)c3)CC2)cc1OC. The van der Waals surface area contributed by atoms with Gasteiger partial charge in [0.05, 0.1) is 18.2 Å². The van der Waals surface area contributed by atoms with Gasteiger partial charge in [-0.25, -0.2) is 0 Å². The van der Waals surface area contributed by atoms with Crippen LogP contribution in [0.1, 0.15) is 23.7 Å². The maximum atomic E-state index is 13.0. The standard InChI is InChI=1S/C21H24BrClN2O3/c1-3-11-28-20-18(22)12-15(13-19(20)27-2)21(26)25-9-7-24(8-10-25)17-6-4-5-16(23)14-17/h4-6,12-14H,3,7-11H2,1-2H3. The van der Waals surface area contributed by atoms with Crippen molar-refractivity contribution in [2.75, 3.05) is 44.8 Å². The molecule has 0 radical (unpaired) electrons. The van der Waals surface area contributed by atoms with Crippen molar-refractivity contribution in [3.05, 3.63) is 51.5 Å². The number of ether oxygens (including phenoxy) is 2. The van der Waals surface area contributed by atoms with E-state index < -0.39 is 0 Å².